The van der Waals surface area contributed by atoms with E-state index in [-0.39, 0.29) is 0 Å². The Balaban J connectivity index is 2.49. The van der Waals surface area contributed by atoms with Crippen molar-refractivity contribution in [2.45, 2.75) is 19.2 Å². The third kappa shape index (κ3) is 2.40. The minimum atomic E-state index is 0.586. The van der Waals surface area contributed by atoms with Crippen LogP contribution in [0.2, 0.25) is 5.32 Å². The van der Waals surface area contributed by atoms with Crippen LogP contribution in [0.3, 0.4) is 0 Å². The molecule has 3 heteroatoms. The molecule has 0 saturated carbocycles. The van der Waals surface area contributed by atoms with Gasteiger partial charge in [0.2, 0.25) is 0 Å². The predicted octanol–water partition coefficient (Wildman–Crippen LogP) is 3.63. The van der Waals surface area contributed by atoms with Crippen molar-refractivity contribution in [1.82, 2.24) is 0 Å². The minimum absolute atomic E-state index is 0.586. The third-order valence-electron chi connectivity index (χ3n) is 2.27. The fourth-order valence-corrected chi connectivity index (χ4v) is 4.57. The van der Waals surface area contributed by atoms with Gasteiger partial charge in [0, 0.05) is 0 Å². The predicted molar refractivity (Wildman–Crippen MR) is 73.8 cm³/mol. The van der Waals surface area contributed by atoms with Crippen molar-refractivity contribution in [2.24, 2.45) is 0 Å². The van der Waals surface area contributed by atoms with Crippen LogP contribution in [0.15, 0.2) is 21.8 Å². The van der Waals surface area contributed by atoms with E-state index in [2.05, 4.69) is 54.6 Å². The molecule has 80 valence electrons. The van der Waals surface area contributed by atoms with Crippen molar-refractivity contribution >= 4 is 42.0 Å². The topological polar surface area (TPSA) is 9.23 Å². The van der Waals surface area contributed by atoms with E-state index >= 15 is 0 Å². The van der Waals surface area contributed by atoms with E-state index in [1.807, 2.05) is 0 Å². The Kier molecular flexibility index (Phi) is 3.75. The monoisotopic (exact) mass is 380 g/mol. The van der Waals surface area contributed by atoms with Crippen LogP contribution in [-0.2, 0) is 0 Å². The number of ether oxygens (including phenoxy) is 1. The SMILES string of the molecule is CC[Se]C1=C(I)COc2ccc(C)cc21. The van der Waals surface area contributed by atoms with Crippen molar-refractivity contribution in [3.63, 3.8) is 0 Å². The van der Waals surface area contributed by atoms with Crippen molar-refractivity contribution in [2.75, 3.05) is 6.61 Å². The molecular formula is C12H13IOSe. The summed E-state index contributed by atoms with van der Waals surface area (Å²) in [6.07, 6.45) is 0. The molecule has 1 heterocycles. The van der Waals surface area contributed by atoms with E-state index in [1.54, 1.807) is 0 Å². The molecule has 0 aromatic heterocycles. The van der Waals surface area contributed by atoms with Gasteiger partial charge in [0.25, 0.3) is 0 Å². The van der Waals surface area contributed by atoms with Gasteiger partial charge in [-0.1, -0.05) is 0 Å². The van der Waals surface area contributed by atoms with Gasteiger partial charge < -0.3 is 0 Å². The molecule has 0 aliphatic carbocycles. The number of hydrogen-bond donors (Lipinski definition) is 0. The van der Waals surface area contributed by atoms with E-state index < -0.39 is 0 Å². The number of rotatable bonds is 2. The molecule has 0 amide bonds. The van der Waals surface area contributed by atoms with Gasteiger partial charge in [-0.3, -0.25) is 0 Å². The molecule has 0 unspecified atom stereocenters. The molecule has 0 fully saturated rings. The van der Waals surface area contributed by atoms with Crippen molar-refractivity contribution in [3.8, 4) is 5.75 Å². The average Bonchev–Trinajstić information content (AvgIpc) is 2.23. The molecule has 1 aromatic rings. The average molecular weight is 379 g/mol. The number of aryl methyl sites for hydroxylation is 1. The molecule has 2 rings (SSSR count). The Morgan fingerprint density at radius 2 is 2.27 bits per heavy atom. The Labute approximate surface area is 111 Å². The fraction of sp³-hybridized carbons (Fsp3) is 0.333. The molecule has 0 spiro atoms. The Morgan fingerprint density at radius 3 is 3.00 bits per heavy atom. The molecule has 0 N–H and O–H groups in total. The fourth-order valence-electron chi connectivity index (χ4n) is 1.60. The van der Waals surface area contributed by atoms with Crippen LogP contribution in [0.1, 0.15) is 18.1 Å². The summed E-state index contributed by atoms with van der Waals surface area (Å²) in [5.74, 6) is 1.06. The Morgan fingerprint density at radius 1 is 1.47 bits per heavy atom. The summed E-state index contributed by atoms with van der Waals surface area (Å²) < 4.78 is 8.63. The summed E-state index contributed by atoms with van der Waals surface area (Å²) in [5.41, 5.74) is 2.64. The first-order chi connectivity index (χ1) is 7.22. The maximum atomic E-state index is 5.71. The van der Waals surface area contributed by atoms with Gasteiger partial charge in [-0.25, -0.2) is 0 Å². The second kappa shape index (κ2) is 4.89. The van der Waals surface area contributed by atoms with Gasteiger partial charge in [-0.2, -0.15) is 0 Å². The Hall–Kier alpha value is 0.00948. The first kappa shape index (κ1) is 11.5. The van der Waals surface area contributed by atoms with E-state index in [4.69, 9.17) is 4.74 Å². The zero-order valence-corrected chi connectivity index (χ0v) is 12.7. The van der Waals surface area contributed by atoms with Crippen LogP contribution >= 0.6 is 22.6 Å². The zero-order chi connectivity index (χ0) is 10.8. The summed E-state index contributed by atoms with van der Waals surface area (Å²) in [7, 11) is 0. The summed E-state index contributed by atoms with van der Waals surface area (Å²) >= 11 is 3.01. The number of hydrogen-bond acceptors (Lipinski definition) is 1. The van der Waals surface area contributed by atoms with Gasteiger partial charge in [-0.05, 0) is 0 Å². The molecule has 1 aliphatic heterocycles. The standard InChI is InChI=1S/C12H13IOSe/c1-3-15-12-9-6-8(2)4-5-11(9)14-7-10(12)13/h4-6H,3,7H2,1-2H3. The first-order valence-corrected chi connectivity index (χ1v) is 8.12. The molecule has 0 radical (unpaired) electrons. The normalized spacial score (nSPS) is 14.9. The number of halogens is 1. The van der Waals surface area contributed by atoms with Crippen LogP contribution in [0.5, 0.6) is 5.75 Å². The molecule has 0 saturated heterocycles. The van der Waals surface area contributed by atoms with E-state index in [1.165, 1.54) is 24.5 Å². The summed E-state index contributed by atoms with van der Waals surface area (Å²) in [6.45, 7) is 5.15. The molecule has 1 nitrogen and oxygen atoms in total. The van der Waals surface area contributed by atoms with E-state index in [0.29, 0.717) is 15.0 Å². The third-order valence-corrected chi connectivity index (χ3v) is 6.13. The second-order valence-electron chi connectivity index (χ2n) is 3.46. The van der Waals surface area contributed by atoms with Crippen LogP contribution in [-0.4, -0.2) is 21.6 Å². The van der Waals surface area contributed by atoms with Crippen molar-refractivity contribution in [3.05, 3.63) is 32.9 Å². The van der Waals surface area contributed by atoms with Gasteiger partial charge in [0.1, 0.15) is 0 Å². The summed E-state index contributed by atoms with van der Waals surface area (Å²) in [5, 5.41) is 1.25. The molecule has 1 aromatic carbocycles. The van der Waals surface area contributed by atoms with Gasteiger partial charge in [-0.15, -0.1) is 0 Å². The number of fused-ring (bicyclic) bond motifs is 1. The second-order valence-corrected chi connectivity index (χ2v) is 7.43. The van der Waals surface area contributed by atoms with Crippen LogP contribution in [0.4, 0.5) is 0 Å². The maximum absolute atomic E-state index is 5.71. The van der Waals surface area contributed by atoms with Crippen molar-refractivity contribution in [1.29, 1.82) is 0 Å². The van der Waals surface area contributed by atoms with Gasteiger partial charge in [0.05, 0.1) is 0 Å². The summed E-state index contributed by atoms with van der Waals surface area (Å²) in [4.78, 5) is 0. The van der Waals surface area contributed by atoms with E-state index in [9.17, 15) is 0 Å². The van der Waals surface area contributed by atoms with Crippen LogP contribution < -0.4 is 4.74 Å². The molecular weight excluding hydrogens is 366 g/mol. The van der Waals surface area contributed by atoms with Gasteiger partial charge in [0.15, 0.2) is 0 Å². The molecule has 0 atom stereocenters. The van der Waals surface area contributed by atoms with Crippen LogP contribution in [0.25, 0.3) is 4.47 Å². The van der Waals surface area contributed by atoms with Gasteiger partial charge >= 0.3 is 111 Å². The Bertz CT molecular complexity index is 412. The summed E-state index contributed by atoms with van der Waals surface area (Å²) in [6, 6.07) is 6.47. The van der Waals surface area contributed by atoms with Crippen LogP contribution in [0, 0.1) is 6.92 Å². The molecule has 1 aliphatic rings. The molecule has 15 heavy (non-hydrogen) atoms. The quantitative estimate of drug-likeness (QED) is 0.564. The first-order valence-electron chi connectivity index (χ1n) is 4.97. The molecule has 0 bridgehead atoms. The van der Waals surface area contributed by atoms with Crippen molar-refractivity contribution < 1.29 is 4.74 Å². The van der Waals surface area contributed by atoms with E-state index in [0.717, 1.165) is 12.4 Å². The number of benzene rings is 1. The zero-order valence-electron chi connectivity index (χ0n) is 8.84.